The maximum Gasteiger partial charge on any atom is 0.257 e. The first-order valence-corrected chi connectivity index (χ1v) is 9.63. The van der Waals surface area contributed by atoms with Crippen LogP contribution in [0.3, 0.4) is 0 Å². The number of nitrogens with one attached hydrogen (secondary N) is 1. The van der Waals surface area contributed by atoms with Crippen LogP contribution in [-0.4, -0.2) is 34.7 Å². The predicted molar refractivity (Wildman–Crippen MR) is 112 cm³/mol. The van der Waals surface area contributed by atoms with Gasteiger partial charge < -0.3 is 10.1 Å². The average molecular weight is 403 g/mol. The third-order valence-electron chi connectivity index (χ3n) is 5.16. The normalized spacial score (nSPS) is 13.7. The number of carbonyl (C=O) groups excluding carboxylic acids is 3. The Hall–Kier alpha value is -3.74. The van der Waals surface area contributed by atoms with E-state index in [-0.39, 0.29) is 37.1 Å². The molecule has 4 rings (SSSR count). The van der Waals surface area contributed by atoms with Gasteiger partial charge in [-0.15, -0.1) is 0 Å². The fourth-order valence-electron chi connectivity index (χ4n) is 3.48. The Kier molecular flexibility index (Phi) is 5.18. The second-order valence-electron chi connectivity index (χ2n) is 7.20. The number of rotatable bonds is 5. The number of imide groups is 1. The van der Waals surface area contributed by atoms with Crippen LogP contribution in [0.25, 0.3) is 10.9 Å². The molecular weight excluding hydrogens is 382 g/mol. The van der Waals surface area contributed by atoms with Gasteiger partial charge in [0.2, 0.25) is 11.8 Å². The van der Waals surface area contributed by atoms with Crippen molar-refractivity contribution >= 4 is 34.3 Å². The summed E-state index contributed by atoms with van der Waals surface area (Å²) in [6, 6.07) is 14.4. The number of pyridine rings is 1. The van der Waals surface area contributed by atoms with E-state index >= 15 is 0 Å². The van der Waals surface area contributed by atoms with Gasteiger partial charge >= 0.3 is 0 Å². The Bertz CT molecular complexity index is 1140. The highest BCUT2D eigenvalue weighted by molar-refractivity contribution is 6.07. The van der Waals surface area contributed by atoms with Gasteiger partial charge in [-0.25, -0.2) is 0 Å². The standard InChI is InChI=1S/C23H21N3O4/c1-14-19(12-16-11-18(30-2)7-8-20(16)24-14)23(29)25-17-5-3-15(4-6-17)13-26-21(27)9-10-22(26)28/h3-8,11-12H,9-10,13H2,1-2H3,(H,25,29). The van der Waals surface area contributed by atoms with Crippen molar-refractivity contribution in [1.82, 2.24) is 9.88 Å². The molecule has 152 valence electrons. The molecule has 7 heteroatoms. The maximum absolute atomic E-state index is 12.8. The number of methoxy groups -OCH3 is 1. The number of nitrogens with zero attached hydrogens (tertiary/aromatic N) is 2. The second-order valence-corrected chi connectivity index (χ2v) is 7.20. The minimum absolute atomic E-state index is 0.145. The smallest absolute Gasteiger partial charge is 0.257 e. The van der Waals surface area contributed by atoms with Gasteiger partial charge in [-0.05, 0) is 48.9 Å². The lowest BCUT2D eigenvalue weighted by atomic mass is 10.1. The van der Waals surface area contributed by atoms with E-state index < -0.39 is 0 Å². The van der Waals surface area contributed by atoms with E-state index in [9.17, 15) is 14.4 Å². The van der Waals surface area contributed by atoms with Crippen LogP contribution in [0.2, 0.25) is 0 Å². The van der Waals surface area contributed by atoms with Crippen molar-refractivity contribution in [1.29, 1.82) is 0 Å². The lowest BCUT2D eigenvalue weighted by Crippen LogP contribution is -2.28. The predicted octanol–water partition coefficient (Wildman–Crippen LogP) is 3.45. The number of carbonyl (C=O) groups is 3. The molecule has 7 nitrogen and oxygen atoms in total. The summed E-state index contributed by atoms with van der Waals surface area (Å²) in [7, 11) is 1.59. The Morgan fingerprint density at radius 1 is 1.07 bits per heavy atom. The van der Waals surface area contributed by atoms with E-state index in [0.717, 1.165) is 16.5 Å². The summed E-state index contributed by atoms with van der Waals surface area (Å²) >= 11 is 0. The number of ether oxygens (including phenoxy) is 1. The molecule has 3 amide bonds. The van der Waals surface area contributed by atoms with Crippen LogP contribution in [-0.2, 0) is 16.1 Å². The molecule has 3 aromatic rings. The van der Waals surface area contributed by atoms with Crippen LogP contribution >= 0.6 is 0 Å². The van der Waals surface area contributed by atoms with E-state index in [2.05, 4.69) is 10.3 Å². The van der Waals surface area contributed by atoms with Crippen molar-refractivity contribution < 1.29 is 19.1 Å². The van der Waals surface area contributed by atoms with E-state index in [1.807, 2.05) is 18.2 Å². The molecule has 0 atom stereocenters. The molecule has 1 aromatic heterocycles. The maximum atomic E-state index is 12.8. The van der Waals surface area contributed by atoms with Crippen LogP contribution in [0, 0.1) is 6.92 Å². The number of aryl methyl sites for hydroxylation is 1. The Morgan fingerprint density at radius 2 is 1.77 bits per heavy atom. The van der Waals surface area contributed by atoms with Gasteiger partial charge in [0.15, 0.2) is 0 Å². The number of fused-ring (bicyclic) bond motifs is 1. The minimum atomic E-state index is -0.262. The van der Waals surface area contributed by atoms with E-state index in [0.29, 0.717) is 22.7 Å². The lowest BCUT2D eigenvalue weighted by Gasteiger charge is -2.14. The summed E-state index contributed by atoms with van der Waals surface area (Å²) in [5, 5.41) is 3.69. The summed E-state index contributed by atoms with van der Waals surface area (Å²) in [6.07, 6.45) is 0.552. The monoisotopic (exact) mass is 403 g/mol. The molecule has 1 N–H and O–H groups in total. The van der Waals surface area contributed by atoms with Crippen molar-refractivity contribution in [2.75, 3.05) is 12.4 Å². The highest BCUT2D eigenvalue weighted by atomic mass is 16.5. The van der Waals surface area contributed by atoms with Gasteiger partial charge in [0.1, 0.15) is 5.75 Å². The van der Waals surface area contributed by atoms with Gasteiger partial charge in [-0.3, -0.25) is 24.3 Å². The van der Waals surface area contributed by atoms with Gasteiger partial charge in [-0.2, -0.15) is 0 Å². The minimum Gasteiger partial charge on any atom is -0.497 e. The molecule has 2 aromatic carbocycles. The highest BCUT2D eigenvalue weighted by Crippen LogP contribution is 2.23. The number of hydrogen-bond acceptors (Lipinski definition) is 5. The number of aromatic nitrogens is 1. The molecular formula is C23H21N3O4. The van der Waals surface area contributed by atoms with Crippen LogP contribution in [0.1, 0.15) is 34.5 Å². The fourth-order valence-corrected chi connectivity index (χ4v) is 3.48. The van der Waals surface area contributed by atoms with Crippen LogP contribution in [0.4, 0.5) is 5.69 Å². The largest absolute Gasteiger partial charge is 0.497 e. The SMILES string of the molecule is COc1ccc2nc(C)c(C(=O)Nc3ccc(CN4C(=O)CCC4=O)cc3)cc2c1. The molecule has 0 aliphatic carbocycles. The molecule has 0 radical (unpaired) electrons. The fraction of sp³-hybridized carbons (Fsp3) is 0.217. The molecule has 1 aliphatic rings. The van der Waals surface area contributed by atoms with Crippen molar-refractivity contribution in [3.8, 4) is 5.75 Å². The van der Waals surface area contributed by atoms with Gasteiger partial charge in [0.05, 0.1) is 30.4 Å². The van der Waals surface area contributed by atoms with Crippen LogP contribution < -0.4 is 10.1 Å². The summed E-state index contributed by atoms with van der Waals surface area (Å²) in [5.41, 5.74) is 3.35. The molecule has 30 heavy (non-hydrogen) atoms. The van der Waals surface area contributed by atoms with E-state index in [4.69, 9.17) is 4.74 Å². The summed E-state index contributed by atoms with van der Waals surface area (Å²) in [4.78, 5) is 42.1. The van der Waals surface area contributed by atoms with E-state index in [1.54, 1.807) is 44.4 Å². The summed E-state index contributed by atoms with van der Waals surface area (Å²) in [6.45, 7) is 2.05. The molecule has 0 bridgehead atoms. The second kappa shape index (κ2) is 7.94. The summed E-state index contributed by atoms with van der Waals surface area (Å²) < 4.78 is 5.25. The zero-order valence-electron chi connectivity index (χ0n) is 16.8. The number of anilines is 1. The van der Waals surface area contributed by atoms with Crippen molar-refractivity contribution in [2.24, 2.45) is 0 Å². The van der Waals surface area contributed by atoms with Crippen molar-refractivity contribution in [3.05, 3.63) is 65.4 Å². The Balaban J connectivity index is 1.50. The topological polar surface area (TPSA) is 88.6 Å². The van der Waals surface area contributed by atoms with Crippen molar-refractivity contribution in [2.45, 2.75) is 26.3 Å². The molecule has 2 heterocycles. The van der Waals surface area contributed by atoms with Gasteiger partial charge in [0.25, 0.3) is 5.91 Å². The first-order valence-electron chi connectivity index (χ1n) is 9.63. The zero-order valence-corrected chi connectivity index (χ0v) is 16.8. The molecule has 1 saturated heterocycles. The third-order valence-corrected chi connectivity index (χ3v) is 5.16. The van der Waals surface area contributed by atoms with Gasteiger partial charge in [-0.1, -0.05) is 12.1 Å². The first kappa shape index (κ1) is 19.6. The number of benzene rings is 2. The quantitative estimate of drug-likeness (QED) is 0.659. The molecule has 1 aliphatic heterocycles. The molecule has 0 unspecified atom stereocenters. The highest BCUT2D eigenvalue weighted by Gasteiger charge is 2.28. The molecule has 1 fully saturated rings. The number of likely N-dealkylation sites (tertiary alicyclic amines) is 1. The molecule has 0 spiro atoms. The first-order chi connectivity index (χ1) is 14.4. The Labute approximate surface area is 173 Å². The number of hydrogen-bond donors (Lipinski definition) is 1. The molecule has 0 saturated carbocycles. The average Bonchev–Trinajstić information content (AvgIpc) is 3.06. The lowest BCUT2D eigenvalue weighted by molar-refractivity contribution is -0.139. The number of amides is 3. The zero-order chi connectivity index (χ0) is 21.3. The van der Waals surface area contributed by atoms with Crippen LogP contribution in [0.15, 0.2) is 48.5 Å². The summed E-state index contributed by atoms with van der Waals surface area (Å²) in [5.74, 6) is 0.147. The Morgan fingerprint density at radius 3 is 2.43 bits per heavy atom. The van der Waals surface area contributed by atoms with E-state index in [1.165, 1.54) is 4.90 Å². The van der Waals surface area contributed by atoms with Gasteiger partial charge in [0, 0.05) is 23.9 Å². The van der Waals surface area contributed by atoms with Crippen LogP contribution in [0.5, 0.6) is 5.75 Å². The third kappa shape index (κ3) is 3.87. The van der Waals surface area contributed by atoms with Crippen molar-refractivity contribution in [3.63, 3.8) is 0 Å².